The summed E-state index contributed by atoms with van der Waals surface area (Å²) in [6.07, 6.45) is 0. The van der Waals surface area contributed by atoms with Gasteiger partial charge in [-0.15, -0.1) is 0 Å². The molecule has 0 aliphatic heterocycles. The molecule has 0 saturated heterocycles. The maximum atomic E-state index is 13.7. The fraction of sp³-hybridized carbons (Fsp3) is 0.0769. The van der Waals surface area contributed by atoms with E-state index in [0.717, 1.165) is 11.3 Å². The van der Waals surface area contributed by atoms with Gasteiger partial charge in [0.05, 0.1) is 5.69 Å². The molecule has 2 aromatic carbocycles. The SMILES string of the molecule is NCc1ccc(Nc2ccc(Cl)cc2)c(F)c1. The molecule has 2 nitrogen and oxygen atoms in total. The summed E-state index contributed by atoms with van der Waals surface area (Å²) in [4.78, 5) is 0. The summed E-state index contributed by atoms with van der Waals surface area (Å²) in [6, 6.07) is 12.0. The van der Waals surface area contributed by atoms with Crippen LogP contribution in [0.2, 0.25) is 5.02 Å². The lowest BCUT2D eigenvalue weighted by Crippen LogP contribution is -1.99. The van der Waals surface area contributed by atoms with Crippen LogP contribution in [0.25, 0.3) is 0 Å². The quantitative estimate of drug-likeness (QED) is 0.872. The van der Waals surface area contributed by atoms with Crippen molar-refractivity contribution in [2.24, 2.45) is 5.73 Å². The molecule has 0 aromatic heterocycles. The first kappa shape index (κ1) is 11.9. The standard InChI is InChI=1S/C13H12ClFN2/c14-10-2-4-11(5-3-10)17-13-6-1-9(8-16)7-12(13)15/h1-7,17H,8,16H2. The number of rotatable bonds is 3. The van der Waals surface area contributed by atoms with Gasteiger partial charge in [-0.3, -0.25) is 0 Å². The molecule has 0 aliphatic carbocycles. The van der Waals surface area contributed by atoms with Gasteiger partial charge in [0.2, 0.25) is 0 Å². The lowest BCUT2D eigenvalue weighted by atomic mass is 10.2. The Balaban J connectivity index is 2.21. The second-order valence-corrected chi connectivity index (χ2v) is 4.09. The van der Waals surface area contributed by atoms with E-state index < -0.39 is 0 Å². The monoisotopic (exact) mass is 250 g/mol. The van der Waals surface area contributed by atoms with Gasteiger partial charge in [-0.1, -0.05) is 17.7 Å². The predicted molar refractivity (Wildman–Crippen MR) is 69.0 cm³/mol. The molecular formula is C13H12ClFN2. The van der Waals surface area contributed by atoms with E-state index in [-0.39, 0.29) is 5.82 Å². The fourth-order valence-electron chi connectivity index (χ4n) is 1.48. The van der Waals surface area contributed by atoms with Gasteiger partial charge in [0.1, 0.15) is 5.82 Å². The van der Waals surface area contributed by atoms with Crippen LogP contribution in [0.3, 0.4) is 0 Å². The van der Waals surface area contributed by atoms with Gasteiger partial charge >= 0.3 is 0 Å². The van der Waals surface area contributed by atoms with E-state index in [1.807, 2.05) is 0 Å². The number of anilines is 2. The van der Waals surface area contributed by atoms with Crippen molar-refractivity contribution in [2.75, 3.05) is 5.32 Å². The normalized spacial score (nSPS) is 10.3. The Kier molecular flexibility index (Phi) is 3.61. The van der Waals surface area contributed by atoms with Crippen LogP contribution in [-0.4, -0.2) is 0 Å². The highest BCUT2D eigenvalue weighted by Crippen LogP contribution is 2.22. The molecule has 3 N–H and O–H groups in total. The Morgan fingerprint density at radius 2 is 1.82 bits per heavy atom. The summed E-state index contributed by atoms with van der Waals surface area (Å²) in [5, 5.41) is 3.62. The molecule has 0 heterocycles. The maximum Gasteiger partial charge on any atom is 0.146 e. The minimum atomic E-state index is -0.317. The van der Waals surface area contributed by atoms with E-state index in [1.165, 1.54) is 6.07 Å². The summed E-state index contributed by atoms with van der Waals surface area (Å²) < 4.78 is 13.7. The van der Waals surface area contributed by atoms with E-state index in [1.54, 1.807) is 36.4 Å². The van der Waals surface area contributed by atoms with Crippen LogP contribution in [0.1, 0.15) is 5.56 Å². The van der Waals surface area contributed by atoms with Crippen molar-refractivity contribution in [3.63, 3.8) is 0 Å². The summed E-state index contributed by atoms with van der Waals surface area (Å²) in [5.41, 5.74) is 7.41. The molecule has 0 unspecified atom stereocenters. The first-order chi connectivity index (χ1) is 8.19. The third kappa shape index (κ3) is 2.96. The Bertz CT molecular complexity index is 511. The number of nitrogens with two attached hydrogens (primary N) is 1. The smallest absolute Gasteiger partial charge is 0.146 e. The number of benzene rings is 2. The van der Waals surface area contributed by atoms with Crippen molar-refractivity contribution < 1.29 is 4.39 Å². The topological polar surface area (TPSA) is 38.0 Å². The number of hydrogen-bond donors (Lipinski definition) is 2. The van der Waals surface area contributed by atoms with Crippen LogP contribution < -0.4 is 11.1 Å². The van der Waals surface area contributed by atoms with Gasteiger partial charge < -0.3 is 11.1 Å². The molecule has 0 saturated carbocycles. The Morgan fingerprint density at radius 1 is 1.12 bits per heavy atom. The molecule has 2 rings (SSSR count). The second kappa shape index (κ2) is 5.17. The zero-order valence-corrected chi connectivity index (χ0v) is 9.84. The minimum absolute atomic E-state index is 0.317. The molecule has 2 aromatic rings. The molecule has 0 atom stereocenters. The average molecular weight is 251 g/mol. The predicted octanol–water partition coefficient (Wildman–Crippen LogP) is 3.68. The van der Waals surface area contributed by atoms with Crippen LogP contribution in [-0.2, 0) is 6.54 Å². The molecule has 17 heavy (non-hydrogen) atoms. The van der Waals surface area contributed by atoms with Crippen molar-refractivity contribution in [1.29, 1.82) is 0 Å². The third-order valence-corrected chi connectivity index (χ3v) is 2.64. The molecule has 0 bridgehead atoms. The lowest BCUT2D eigenvalue weighted by Gasteiger charge is -2.08. The number of hydrogen-bond acceptors (Lipinski definition) is 2. The molecular weight excluding hydrogens is 239 g/mol. The highest BCUT2D eigenvalue weighted by Gasteiger charge is 2.03. The molecule has 0 aliphatic rings. The van der Waals surface area contributed by atoms with Crippen molar-refractivity contribution in [2.45, 2.75) is 6.54 Å². The van der Waals surface area contributed by atoms with E-state index in [0.29, 0.717) is 17.3 Å². The van der Waals surface area contributed by atoms with Crippen molar-refractivity contribution >= 4 is 23.0 Å². The number of nitrogens with one attached hydrogen (secondary N) is 1. The molecule has 0 spiro atoms. The molecule has 0 amide bonds. The van der Waals surface area contributed by atoms with E-state index >= 15 is 0 Å². The van der Waals surface area contributed by atoms with Crippen molar-refractivity contribution in [3.8, 4) is 0 Å². The van der Waals surface area contributed by atoms with Crippen molar-refractivity contribution in [1.82, 2.24) is 0 Å². The van der Waals surface area contributed by atoms with Gasteiger partial charge in [-0.05, 0) is 42.0 Å². The molecule has 0 fully saturated rings. The average Bonchev–Trinajstić information content (AvgIpc) is 2.34. The summed E-state index contributed by atoms with van der Waals surface area (Å²) in [6.45, 7) is 0.331. The molecule has 0 radical (unpaired) electrons. The van der Waals surface area contributed by atoms with E-state index in [2.05, 4.69) is 5.32 Å². The first-order valence-corrected chi connectivity index (χ1v) is 5.58. The summed E-state index contributed by atoms with van der Waals surface area (Å²) in [5.74, 6) is -0.317. The zero-order chi connectivity index (χ0) is 12.3. The lowest BCUT2D eigenvalue weighted by molar-refractivity contribution is 0.629. The first-order valence-electron chi connectivity index (χ1n) is 5.20. The van der Waals surface area contributed by atoms with Gasteiger partial charge in [-0.2, -0.15) is 0 Å². The van der Waals surface area contributed by atoms with E-state index in [4.69, 9.17) is 17.3 Å². The van der Waals surface area contributed by atoms with Crippen LogP contribution in [0.5, 0.6) is 0 Å². The minimum Gasteiger partial charge on any atom is -0.353 e. The fourth-order valence-corrected chi connectivity index (χ4v) is 1.60. The van der Waals surface area contributed by atoms with Crippen LogP contribution in [0.15, 0.2) is 42.5 Å². The van der Waals surface area contributed by atoms with Crippen molar-refractivity contribution in [3.05, 3.63) is 58.9 Å². The highest BCUT2D eigenvalue weighted by atomic mass is 35.5. The van der Waals surface area contributed by atoms with Crippen LogP contribution in [0.4, 0.5) is 15.8 Å². The van der Waals surface area contributed by atoms with Gasteiger partial charge in [0, 0.05) is 17.3 Å². The van der Waals surface area contributed by atoms with Gasteiger partial charge in [0.15, 0.2) is 0 Å². The highest BCUT2D eigenvalue weighted by molar-refractivity contribution is 6.30. The van der Waals surface area contributed by atoms with Crippen LogP contribution >= 0.6 is 11.6 Å². The third-order valence-electron chi connectivity index (χ3n) is 2.39. The Morgan fingerprint density at radius 3 is 2.41 bits per heavy atom. The van der Waals surface area contributed by atoms with E-state index in [9.17, 15) is 4.39 Å². The molecule has 4 heteroatoms. The van der Waals surface area contributed by atoms with Gasteiger partial charge in [-0.25, -0.2) is 4.39 Å². The largest absolute Gasteiger partial charge is 0.353 e. The van der Waals surface area contributed by atoms with Crippen LogP contribution in [0, 0.1) is 5.82 Å². The summed E-state index contributed by atoms with van der Waals surface area (Å²) in [7, 11) is 0. The summed E-state index contributed by atoms with van der Waals surface area (Å²) >= 11 is 5.77. The molecule has 88 valence electrons. The zero-order valence-electron chi connectivity index (χ0n) is 9.08. The van der Waals surface area contributed by atoms with Gasteiger partial charge in [0.25, 0.3) is 0 Å². The second-order valence-electron chi connectivity index (χ2n) is 3.65. The Hall–Kier alpha value is -1.58. The Labute approximate surface area is 104 Å². The number of halogens is 2. The maximum absolute atomic E-state index is 13.7.